The van der Waals surface area contributed by atoms with Crippen LogP contribution < -0.4 is 0 Å². The summed E-state index contributed by atoms with van der Waals surface area (Å²) >= 11 is 0. The molecule has 110 valence electrons. The van der Waals surface area contributed by atoms with E-state index in [-0.39, 0.29) is 6.42 Å². The zero-order chi connectivity index (χ0) is 15.2. The molecule has 0 aliphatic rings. The van der Waals surface area contributed by atoms with Crippen molar-refractivity contribution >= 4 is 15.2 Å². The summed E-state index contributed by atoms with van der Waals surface area (Å²) in [6.45, 7) is 7.70. The van der Waals surface area contributed by atoms with Crippen molar-refractivity contribution in [3.63, 3.8) is 0 Å². The van der Waals surface area contributed by atoms with Crippen molar-refractivity contribution in [3.05, 3.63) is 0 Å². The molecule has 0 radical (unpaired) electrons. The Balaban J connectivity index is 5.94. The number of hydrogen-bond donors (Lipinski definition) is 5. The zero-order valence-corrected chi connectivity index (χ0v) is 12.9. The largest absolute Gasteiger partial charge is 0.370 e. The van der Waals surface area contributed by atoms with Crippen molar-refractivity contribution in [2.75, 3.05) is 0 Å². The Hall–Kier alpha value is 0.260. The summed E-state index contributed by atoms with van der Waals surface area (Å²) in [5.41, 5.74) is -2.13. The molecular formula is C9H22O7P2. The van der Waals surface area contributed by atoms with Gasteiger partial charge < -0.3 is 24.7 Å². The van der Waals surface area contributed by atoms with Gasteiger partial charge in [-0.1, -0.05) is 34.6 Å². The second-order valence-corrected chi connectivity index (χ2v) is 10.2. The molecule has 0 aromatic rings. The Morgan fingerprint density at radius 3 is 1.28 bits per heavy atom. The molecule has 0 aliphatic carbocycles. The highest BCUT2D eigenvalue weighted by atomic mass is 31.2. The Morgan fingerprint density at radius 2 is 1.11 bits per heavy atom. The molecule has 0 aromatic carbocycles. The lowest BCUT2D eigenvalue weighted by Gasteiger charge is -2.44. The van der Waals surface area contributed by atoms with Gasteiger partial charge in [-0.2, -0.15) is 0 Å². The summed E-state index contributed by atoms with van der Waals surface area (Å²) in [7, 11) is -10.8. The highest BCUT2D eigenvalue weighted by Gasteiger charge is 2.68. The minimum atomic E-state index is -5.42. The molecule has 0 spiro atoms. The molecule has 0 saturated heterocycles. The van der Waals surface area contributed by atoms with Crippen molar-refractivity contribution in [2.45, 2.75) is 46.1 Å². The molecule has 0 rings (SSSR count). The van der Waals surface area contributed by atoms with Crippen LogP contribution in [-0.4, -0.2) is 29.8 Å². The molecule has 18 heavy (non-hydrogen) atoms. The van der Waals surface area contributed by atoms with Crippen LogP contribution in [0.2, 0.25) is 0 Å². The highest BCUT2D eigenvalue weighted by molar-refractivity contribution is 7.72. The molecule has 0 atom stereocenters. The minimum Gasteiger partial charge on any atom is -0.367 e. The average Bonchev–Trinajstić information content (AvgIpc) is 1.92. The van der Waals surface area contributed by atoms with Crippen LogP contribution in [0, 0.1) is 10.8 Å². The van der Waals surface area contributed by atoms with E-state index in [2.05, 4.69) is 0 Å². The molecule has 0 amide bonds. The average molecular weight is 304 g/mol. The van der Waals surface area contributed by atoms with Gasteiger partial charge in [0.25, 0.3) is 5.08 Å². The van der Waals surface area contributed by atoms with E-state index in [1.807, 2.05) is 0 Å². The molecule has 5 N–H and O–H groups in total. The second kappa shape index (κ2) is 4.67. The highest BCUT2D eigenvalue weighted by Crippen LogP contribution is 2.74. The van der Waals surface area contributed by atoms with E-state index in [0.717, 1.165) is 0 Å². The lowest BCUT2D eigenvalue weighted by Crippen LogP contribution is -2.46. The van der Waals surface area contributed by atoms with Gasteiger partial charge in [0.05, 0.1) is 0 Å². The van der Waals surface area contributed by atoms with Crippen LogP contribution in [0.15, 0.2) is 0 Å². The smallest absolute Gasteiger partial charge is 0.367 e. The van der Waals surface area contributed by atoms with E-state index >= 15 is 0 Å². The predicted molar refractivity (Wildman–Crippen MR) is 66.9 cm³/mol. The molecule has 0 saturated carbocycles. The molecule has 0 fully saturated rings. The second-order valence-electron chi connectivity index (χ2n) is 6.34. The van der Waals surface area contributed by atoms with E-state index < -0.39 is 31.1 Å². The fraction of sp³-hybridized carbons (Fsp3) is 1.00. The monoisotopic (exact) mass is 304 g/mol. The SMILES string of the molecule is CC(C)(C)CC(C)(C)C(O)(P(=O)(O)O)P(=O)(O)O. The van der Waals surface area contributed by atoms with Crippen LogP contribution in [0.3, 0.4) is 0 Å². The summed E-state index contributed by atoms with van der Waals surface area (Å²) < 4.78 is 22.8. The van der Waals surface area contributed by atoms with Crippen LogP contribution in [-0.2, 0) is 9.13 Å². The van der Waals surface area contributed by atoms with Gasteiger partial charge in [0.1, 0.15) is 0 Å². The topological polar surface area (TPSA) is 135 Å². The fourth-order valence-electron chi connectivity index (χ4n) is 2.40. The maximum atomic E-state index is 11.4. The first-order valence-corrected chi connectivity index (χ1v) is 8.52. The van der Waals surface area contributed by atoms with Crippen LogP contribution in [0.1, 0.15) is 41.0 Å². The summed E-state index contributed by atoms with van der Waals surface area (Å²) in [6.07, 6.45) is 0.0206. The molecule has 0 aromatic heterocycles. The van der Waals surface area contributed by atoms with Gasteiger partial charge in [-0.15, -0.1) is 0 Å². The Labute approximate surface area is 107 Å². The van der Waals surface area contributed by atoms with Gasteiger partial charge in [-0.05, 0) is 11.8 Å². The van der Waals surface area contributed by atoms with E-state index in [0.29, 0.717) is 0 Å². The van der Waals surface area contributed by atoms with Crippen molar-refractivity contribution in [3.8, 4) is 0 Å². The van der Waals surface area contributed by atoms with Crippen LogP contribution in [0.4, 0.5) is 0 Å². The van der Waals surface area contributed by atoms with Crippen LogP contribution >= 0.6 is 15.2 Å². The third-order valence-electron chi connectivity index (χ3n) is 2.69. The van der Waals surface area contributed by atoms with Gasteiger partial charge in [0.2, 0.25) is 0 Å². The quantitative estimate of drug-likeness (QED) is 0.496. The molecule has 9 heteroatoms. The Bertz CT molecular complexity index is 376. The first-order valence-electron chi connectivity index (χ1n) is 5.29. The molecule has 0 bridgehead atoms. The predicted octanol–water partition coefficient (Wildman–Crippen LogP) is 1.45. The van der Waals surface area contributed by atoms with Crippen molar-refractivity contribution in [1.29, 1.82) is 0 Å². The number of aliphatic hydroxyl groups is 1. The fourth-order valence-corrected chi connectivity index (χ4v) is 5.50. The number of hydrogen-bond acceptors (Lipinski definition) is 3. The van der Waals surface area contributed by atoms with Crippen molar-refractivity contribution in [2.24, 2.45) is 10.8 Å². The van der Waals surface area contributed by atoms with Gasteiger partial charge in [0, 0.05) is 5.41 Å². The summed E-state index contributed by atoms with van der Waals surface area (Å²) in [5, 5.41) is 6.66. The van der Waals surface area contributed by atoms with Gasteiger partial charge in [-0.3, -0.25) is 9.13 Å². The Kier molecular flexibility index (Phi) is 4.74. The van der Waals surface area contributed by atoms with E-state index in [9.17, 15) is 33.8 Å². The minimum absolute atomic E-state index is 0.0206. The first kappa shape index (κ1) is 18.3. The first-order chi connectivity index (χ1) is 7.46. The van der Waals surface area contributed by atoms with Crippen LogP contribution in [0.5, 0.6) is 0 Å². The van der Waals surface area contributed by atoms with Crippen molar-refractivity contribution < 1.29 is 33.8 Å². The van der Waals surface area contributed by atoms with E-state index in [1.54, 1.807) is 20.8 Å². The summed E-state index contributed by atoms with van der Waals surface area (Å²) in [5.74, 6) is 0. The lowest BCUT2D eigenvalue weighted by atomic mass is 9.76. The third-order valence-corrected chi connectivity index (χ3v) is 7.09. The lowest BCUT2D eigenvalue weighted by molar-refractivity contribution is 0.00683. The molecule has 0 aliphatic heterocycles. The maximum Gasteiger partial charge on any atom is 0.370 e. The number of rotatable bonds is 4. The standard InChI is InChI=1S/C9H22O7P2/c1-7(2,3)6-8(4,5)9(10,17(11,12)13)18(14,15)16/h10H,6H2,1-5H3,(H2,11,12,13)(H2,14,15,16). The zero-order valence-electron chi connectivity index (χ0n) is 11.2. The van der Waals surface area contributed by atoms with Gasteiger partial charge in [0.15, 0.2) is 0 Å². The normalized spacial score (nSPS) is 15.9. The summed E-state index contributed by atoms with van der Waals surface area (Å²) in [6, 6.07) is 0. The molecule has 0 heterocycles. The van der Waals surface area contributed by atoms with E-state index in [4.69, 9.17) is 0 Å². The molecule has 0 unspecified atom stereocenters. The molecular weight excluding hydrogens is 282 g/mol. The molecule has 7 nitrogen and oxygen atoms in total. The Morgan fingerprint density at radius 1 is 0.833 bits per heavy atom. The maximum absolute atomic E-state index is 11.4. The van der Waals surface area contributed by atoms with Crippen molar-refractivity contribution in [1.82, 2.24) is 0 Å². The van der Waals surface area contributed by atoms with Crippen LogP contribution in [0.25, 0.3) is 0 Å². The van der Waals surface area contributed by atoms with Gasteiger partial charge in [-0.25, -0.2) is 0 Å². The van der Waals surface area contributed by atoms with Gasteiger partial charge >= 0.3 is 15.2 Å². The van der Waals surface area contributed by atoms with E-state index in [1.165, 1.54) is 13.8 Å². The summed E-state index contributed by atoms with van der Waals surface area (Å²) in [4.78, 5) is 36.7. The third kappa shape index (κ3) is 3.42.